The number of ketones is 1. The maximum absolute atomic E-state index is 12.9. The van der Waals surface area contributed by atoms with E-state index in [2.05, 4.69) is 33.0 Å². The Bertz CT molecular complexity index is 790. The van der Waals surface area contributed by atoms with Crippen molar-refractivity contribution in [3.05, 3.63) is 58.1 Å². The number of piperidine rings is 1. The maximum Gasteiger partial charge on any atom is 0.174 e. The minimum absolute atomic E-state index is 0.00621. The number of ether oxygens (including phenoxy) is 2. The molecule has 2 unspecified atom stereocenters. The van der Waals surface area contributed by atoms with Gasteiger partial charge in [0, 0.05) is 24.1 Å². The van der Waals surface area contributed by atoms with E-state index in [0.29, 0.717) is 5.56 Å². The first-order valence-corrected chi connectivity index (χ1v) is 9.29. The molecule has 2 atom stereocenters. The molecule has 25 heavy (non-hydrogen) atoms. The number of likely N-dealkylation sites (tertiary alicyclic amines) is 1. The molecule has 2 aromatic rings. The van der Waals surface area contributed by atoms with E-state index in [1.54, 1.807) is 7.11 Å². The highest BCUT2D eigenvalue weighted by Gasteiger charge is 2.40. The van der Waals surface area contributed by atoms with Crippen LogP contribution >= 0.6 is 15.9 Å². The summed E-state index contributed by atoms with van der Waals surface area (Å²) in [6.45, 7) is 2.51. The van der Waals surface area contributed by atoms with Gasteiger partial charge >= 0.3 is 0 Å². The monoisotopic (exact) mass is 401 g/mol. The first-order chi connectivity index (χ1) is 12.1. The molecule has 0 aliphatic carbocycles. The molecule has 4 rings (SSSR count). The van der Waals surface area contributed by atoms with Crippen molar-refractivity contribution in [2.75, 3.05) is 20.2 Å². The highest BCUT2D eigenvalue weighted by Crippen LogP contribution is 2.36. The Morgan fingerprint density at radius 2 is 2.04 bits per heavy atom. The molecule has 4 nitrogen and oxygen atoms in total. The first-order valence-electron chi connectivity index (χ1n) is 8.50. The van der Waals surface area contributed by atoms with Crippen molar-refractivity contribution in [2.45, 2.75) is 19.1 Å². The molecule has 0 spiro atoms. The fraction of sp³-hybridized carbons (Fsp3) is 0.350. The van der Waals surface area contributed by atoms with Gasteiger partial charge in [0.05, 0.1) is 18.6 Å². The van der Waals surface area contributed by atoms with Gasteiger partial charge in [-0.1, -0.05) is 28.1 Å². The van der Waals surface area contributed by atoms with Gasteiger partial charge < -0.3 is 9.47 Å². The summed E-state index contributed by atoms with van der Waals surface area (Å²) in [5.41, 5.74) is 1.92. The van der Waals surface area contributed by atoms with Gasteiger partial charge in [0.2, 0.25) is 0 Å². The molecule has 0 saturated carbocycles. The van der Waals surface area contributed by atoms with E-state index in [1.807, 2.05) is 30.3 Å². The van der Waals surface area contributed by atoms with Crippen LogP contribution in [0.1, 0.15) is 22.3 Å². The number of benzene rings is 2. The van der Waals surface area contributed by atoms with E-state index in [-0.39, 0.29) is 17.8 Å². The third kappa shape index (κ3) is 3.31. The molecule has 2 aliphatic heterocycles. The molecule has 2 aliphatic rings. The fourth-order valence-corrected chi connectivity index (χ4v) is 4.05. The molecule has 0 bridgehead atoms. The van der Waals surface area contributed by atoms with Gasteiger partial charge in [0.25, 0.3) is 0 Å². The quantitative estimate of drug-likeness (QED) is 0.780. The zero-order valence-electron chi connectivity index (χ0n) is 14.1. The lowest BCUT2D eigenvalue weighted by Gasteiger charge is -2.40. The maximum atomic E-state index is 12.9. The number of methoxy groups -OCH3 is 1. The zero-order valence-corrected chi connectivity index (χ0v) is 15.7. The predicted octanol–water partition coefficient (Wildman–Crippen LogP) is 3.92. The number of hydrogen-bond acceptors (Lipinski definition) is 4. The molecule has 0 radical (unpaired) electrons. The summed E-state index contributed by atoms with van der Waals surface area (Å²) in [5, 5.41) is 0. The number of hydrogen-bond donors (Lipinski definition) is 0. The van der Waals surface area contributed by atoms with Crippen LogP contribution in [0.5, 0.6) is 11.5 Å². The normalized spacial score (nSPS) is 22.7. The topological polar surface area (TPSA) is 38.8 Å². The summed E-state index contributed by atoms with van der Waals surface area (Å²) in [6.07, 6.45) is 0.871. The standard InChI is InChI=1S/C20H20BrNO3/c1-24-15-5-2-13(3-6-15)11-22-9-8-19-17(12-22)20(23)16-10-14(21)4-7-18(16)25-19/h2-7,10,17,19H,8-9,11-12H2,1H3. The van der Waals surface area contributed by atoms with E-state index < -0.39 is 0 Å². The summed E-state index contributed by atoms with van der Waals surface area (Å²) >= 11 is 3.45. The van der Waals surface area contributed by atoms with E-state index >= 15 is 0 Å². The van der Waals surface area contributed by atoms with Gasteiger partial charge in [-0.25, -0.2) is 0 Å². The van der Waals surface area contributed by atoms with Crippen LogP contribution in [0.15, 0.2) is 46.9 Å². The van der Waals surface area contributed by atoms with Crippen LogP contribution in [0, 0.1) is 5.92 Å². The van der Waals surface area contributed by atoms with Crippen molar-refractivity contribution in [2.24, 2.45) is 5.92 Å². The summed E-state index contributed by atoms with van der Waals surface area (Å²) in [4.78, 5) is 15.3. The third-order valence-corrected chi connectivity index (χ3v) is 5.51. The van der Waals surface area contributed by atoms with E-state index in [9.17, 15) is 4.79 Å². The summed E-state index contributed by atoms with van der Waals surface area (Å²) in [6, 6.07) is 13.8. The molecule has 1 fully saturated rings. The van der Waals surface area contributed by atoms with Crippen molar-refractivity contribution in [3.63, 3.8) is 0 Å². The molecule has 2 aromatic carbocycles. The molecule has 1 saturated heterocycles. The molecular formula is C20H20BrNO3. The van der Waals surface area contributed by atoms with E-state index in [0.717, 1.165) is 42.0 Å². The van der Waals surface area contributed by atoms with Crippen LogP contribution in [0.25, 0.3) is 0 Å². The minimum atomic E-state index is -0.0891. The van der Waals surface area contributed by atoms with Crippen LogP contribution in [-0.2, 0) is 6.54 Å². The Labute approximate surface area is 155 Å². The molecule has 0 aromatic heterocycles. The van der Waals surface area contributed by atoms with Crippen LogP contribution in [0.2, 0.25) is 0 Å². The molecule has 130 valence electrons. The van der Waals surface area contributed by atoms with E-state index in [4.69, 9.17) is 9.47 Å². The second-order valence-electron chi connectivity index (χ2n) is 6.64. The third-order valence-electron chi connectivity index (χ3n) is 5.02. The second kappa shape index (κ2) is 6.81. The Balaban J connectivity index is 1.49. The summed E-state index contributed by atoms with van der Waals surface area (Å²) in [7, 11) is 1.67. The molecule has 2 heterocycles. The smallest absolute Gasteiger partial charge is 0.174 e. The van der Waals surface area contributed by atoms with Crippen molar-refractivity contribution >= 4 is 21.7 Å². The molecular weight excluding hydrogens is 382 g/mol. The van der Waals surface area contributed by atoms with Crippen LogP contribution in [-0.4, -0.2) is 37.0 Å². The van der Waals surface area contributed by atoms with Crippen molar-refractivity contribution < 1.29 is 14.3 Å². The molecule has 0 amide bonds. The zero-order chi connectivity index (χ0) is 17.4. The van der Waals surface area contributed by atoms with Gasteiger partial charge in [-0.15, -0.1) is 0 Å². The first kappa shape index (κ1) is 16.6. The SMILES string of the molecule is COc1ccc(CN2CCC3Oc4ccc(Br)cc4C(=O)C3C2)cc1. The Kier molecular flexibility index (Phi) is 4.52. The van der Waals surface area contributed by atoms with Crippen LogP contribution < -0.4 is 9.47 Å². The van der Waals surface area contributed by atoms with Gasteiger partial charge in [0.1, 0.15) is 17.6 Å². The average Bonchev–Trinajstić information content (AvgIpc) is 2.64. The average molecular weight is 402 g/mol. The van der Waals surface area contributed by atoms with Gasteiger partial charge in [-0.2, -0.15) is 0 Å². The Hall–Kier alpha value is -1.85. The highest BCUT2D eigenvalue weighted by atomic mass is 79.9. The Morgan fingerprint density at radius 1 is 1.24 bits per heavy atom. The minimum Gasteiger partial charge on any atom is -0.497 e. The largest absolute Gasteiger partial charge is 0.497 e. The molecule has 5 heteroatoms. The van der Waals surface area contributed by atoms with Crippen LogP contribution in [0.3, 0.4) is 0 Å². The van der Waals surface area contributed by atoms with Gasteiger partial charge in [-0.3, -0.25) is 9.69 Å². The number of carbonyl (C=O) groups excluding carboxylic acids is 1. The predicted molar refractivity (Wildman–Crippen MR) is 99.3 cm³/mol. The van der Waals surface area contributed by atoms with Gasteiger partial charge in [0.15, 0.2) is 5.78 Å². The van der Waals surface area contributed by atoms with Gasteiger partial charge in [-0.05, 0) is 42.3 Å². The highest BCUT2D eigenvalue weighted by molar-refractivity contribution is 9.10. The lowest BCUT2D eigenvalue weighted by atomic mass is 9.84. The number of Topliss-reactive ketones (excluding diaryl/α,β-unsaturated/α-hetero) is 1. The van der Waals surface area contributed by atoms with Crippen LogP contribution in [0.4, 0.5) is 0 Å². The van der Waals surface area contributed by atoms with Crippen molar-refractivity contribution in [1.82, 2.24) is 4.90 Å². The van der Waals surface area contributed by atoms with Crippen molar-refractivity contribution in [1.29, 1.82) is 0 Å². The second-order valence-corrected chi connectivity index (χ2v) is 7.56. The molecule has 0 N–H and O–H groups in total. The van der Waals surface area contributed by atoms with Crippen molar-refractivity contribution in [3.8, 4) is 11.5 Å². The fourth-order valence-electron chi connectivity index (χ4n) is 3.68. The van der Waals surface area contributed by atoms with E-state index in [1.165, 1.54) is 5.56 Å². The lowest BCUT2D eigenvalue weighted by Crippen LogP contribution is -2.50. The number of halogens is 1. The summed E-state index contributed by atoms with van der Waals surface area (Å²) < 4.78 is 12.2. The number of rotatable bonds is 3. The lowest BCUT2D eigenvalue weighted by molar-refractivity contribution is 0.0267. The number of nitrogens with zero attached hydrogens (tertiary/aromatic N) is 1. The Morgan fingerprint density at radius 3 is 2.80 bits per heavy atom. The number of fused-ring (bicyclic) bond motifs is 2. The number of carbonyl (C=O) groups is 1. The summed E-state index contributed by atoms with van der Waals surface area (Å²) in [5.74, 6) is 1.69.